The number of rotatable bonds is 5. The SMILES string of the molecule is C=C(C)COCCn1c(=S)[nH]c2cc(F)c(Cl)cc21. The lowest BCUT2D eigenvalue weighted by Gasteiger charge is -2.06. The molecule has 3 nitrogen and oxygen atoms in total. The summed E-state index contributed by atoms with van der Waals surface area (Å²) < 4.78 is 21.2. The molecule has 0 fully saturated rings. The zero-order chi connectivity index (χ0) is 14.0. The van der Waals surface area contributed by atoms with Crippen molar-refractivity contribution < 1.29 is 9.13 Å². The molecular formula is C13H14ClFN2OS. The Morgan fingerprint density at radius 1 is 1.58 bits per heavy atom. The fourth-order valence-corrected chi connectivity index (χ4v) is 2.23. The summed E-state index contributed by atoms with van der Waals surface area (Å²) in [6.45, 7) is 7.26. The predicted molar refractivity (Wildman–Crippen MR) is 77.7 cm³/mol. The highest BCUT2D eigenvalue weighted by Crippen LogP contribution is 2.22. The zero-order valence-corrected chi connectivity index (χ0v) is 12.1. The van der Waals surface area contributed by atoms with E-state index in [2.05, 4.69) is 11.6 Å². The van der Waals surface area contributed by atoms with Crippen LogP contribution in [-0.2, 0) is 11.3 Å². The van der Waals surface area contributed by atoms with Gasteiger partial charge in [0.2, 0.25) is 0 Å². The summed E-state index contributed by atoms with van der Waals surface area (Å²) in [5.41, 5.74) is 2.37. The minimum absolute atomic E-state index is 0.0816. The Morgan fingerprint density at radius 3 is 3.00 bits per heavy atom. The van der Waals surface area contributed by atoms with Gasteiger partial charge in [-0.1, -0.05) is 23.8 Å². The highest BCUT2D eigenvalue weighted by Gasteiger charge is 2.08. The number of imidazole rings is 1. The van der Waals surface area contributed by atoms with Crippen molar-refractivity contribution in [1.82, 2.24) is 9.55 Å². The molecule has 0 atom stereocenters. The van der Waals surface area contributed by atoms with Gasteiger partial charge < -0.3 is 14.3 Å². The molecule has 1 heterocycles. The topological polar surface area (TPSA) is 29.9 Å². The van der Waals surface area contributed by atoms with E-state index in [0.29, 0.717) is 30.0 Å². The average Bonchev–Trinajstić information content (AvgIpc) is 2.61. The third-order valence-electron chi connectivity index (χ3n) is 2.62. The van der Waals surface area contributed by atoms with Gasteiger partial charge in [0.05, 0.1) is 29.3 Å². The number of aromatic nitrogens is 2. The van der Waals surface area contributed by atoms with Gasteiger partial charge in [-0.05, 0) is 25.2 Å². The van der Waals surface area contributed by atoms with E-state index < -0.39 is 5.82 Å². The van der Waals surface area contributed by atoms with Crippen LogP contribution in [0, 0.1) is 10.6 Å². The summed E-state index contributed by atoms with van der Waals surface area (Å²) in [6, 6.07) is 2.91. The molecule has 0 radical (unpaired) electrons. The van der Waals surface area contributed by atoms with Crippen LogP contribution in [0.25, 0.3) is 11.0 Å². The van der Waals surface area contributed by atoms with Crippen LogP contribution in [-0.4, -0.2) is 22.8 Å². The molecule has 1 aromatic heterocycles. The Hall–Kier alpha value is -1.17. The Kier molecular flexibility index (Phi) is 4.39. The summed E-state index contributed by atoms with van der Waals surface area (Å²) in [5.74, 6) is -0.462. The summed E-state index contributed by atoms with van der Waals surface area (Å²) >= 11 is 11.0. The number of H-pyrrole nitrogens is 1. The fraction of sp³-hybridized carbons (Fsp3) is 0.308. The van der Waals surface area contributed by atoms with Crippen LogP contribution in [0.4, 0.5) is 4.39 Å². The quantitative estimate of drug-likeness (QED) is 0.512. The van der Waals surface area contributed by atoms with Crippen LogP contribution in [0.1, 0.15) is 6.92 Å². The number of benzene rings is 1. The monoisotopic (exact) mass is 300 g/mol. The number of aromatic amines is 1. The molecule has 0 bridgehead atoms. The Morgan fingerprint density at radius 2 is 2.32 bits per heavy atom. The van der Waals surface area contributed by atoms with Crippen LogP contribution in [0.3, 0.4) is 0 Å². The highest BCUT2D eigenvalue weighted by atomic mass is 35.5. The van der Waals surface area contributed by atoms with E-state index in [1.807, 2.05) is 11.5 Å². The molecule has 0 aliphatic heterocycles. The van der Waals surface area contributed by atoms with Crippen molar-refractivity contribution in [3.8, 4) is 0 Å². The number of nitrogens with zero attached hydrogens (tertiary/aromatic N) is 1. The van der Waals surface area contributed by atoms with Gasteiger partial charge in [-0.25, -0.2) is 4.39 Å². The second kappa shape index (κ2) is 5.86. The molecule has 102 valence electrons. The van der Waals surface area contributed by atoms with E-state index in [4.69, 9.17) is 28.6 Å². The third-order valence-corrected chi connectivity index (χ3v) is 3.24. The molecule has 1 N–H and O–H groups in total. The number of hydrogen-bond acceptors (Lipinski definition) is 2. The average molecular weight is 301 g/mol. The largest absolute Gasteiger partial charge is 0.375 e. The van der Waals surface area contributed by atoms with Crippen LogP contribution in [0.15, 0.2) is 24.3 Å². The molecular weight excluding hydrogens is 287 g/mol. The highest BCUT2D eigenvalue weighted by molar-refractivity contribution is 7.71. The number of ether oxygens (including phenoxy) is 1. The normalized spacial score (nSPS) is 11.1. The lowest BCUT2D eigenvalue weighted by molar-refractivity contribution is 0.148. The van der Waals surface area contributed by atoms with Crippen molar-refractivity contribution in [1.29, 1.82) is 0 Å². The van der Waals surface area contributed by atoms with Crippen molar-refractivity contribution in [3.63, 3.8) is 0 Å². The molecule has 0 aliphatic rings. The Bertz CT molecular complexity index is 677. The maximum absolute atomic E-state index is 13.4. The van der Waals surface area contributed by atoms with E-state index in [1.165, 1.54) is 6.07 Å². The van der Waals surface area contributed by atoms with E-state index in [1.54, 1.807) is 6.07 Å². The van der Waals surface area contributed by atoms with E-state index in [9.17, 15) is 4.39 Å². The molecule has 0 spiro atoms. The van der Waals surface area contributed by atoms with Crippen molar-refractivity contribution in [2.75, 3.05) is 13.2 Å². The summed E-state index contributed by atoms with van der Waals surface area (Å²) in [5, 5.41) is 0.0816. The molecule has 0 unspecified atom stereocenters. The van der Waals surface area contributed by atoms with E-state index in [0.717, 1.165) is 11.1 Å². The molecule has 0 saturated carbocycles. The summed E-state index contributed by atoms with van der Waals surface area (Å²) in [6.07, 6.45) is 0. The maximum atomic E-state index is 13.4. The molecule has 1 aromatic carbocycles. The first-order valence-corrected chi connectivity index (χ1v) is 6.57. The van der Waals surface area contributed by atoms with Crippen molar-refractivity contribution in [2.45, 2.75) is 13.5 Å². The molecule has 2 rings (SSSR count). The minimum Gasteiger partial charge on any atom is -0.375 e. The number of fused-ring (bicyclic) bond motifs is 1. The van der Waals surface area contributed by atoms with Crippen molar-refractivity contribution in [3.05, 3.63) is 39.9 Å². The zero-order valence-electron chi connectivity index (χ0n) is 10.5. The number of hydrogen-bond donors (Lipinski definition) is 1. The molecule has 0 saturated heterocycles. The van der Waals surface area contributed by atoms with Crippen LogP contribution in [0.2, 0.25) is 5.02 Å². The van der Waals surface area contributed by atoms with Crippen LogP contribution < -0.4 is 0 Å². The Balaban J connectivity index is 2.23. The third kappa shape index (κ3) is 3.23. The van der Waals surface area contributed by atoms with E-state index in [-0.39, 0.29) is 5.02 Å². The van der Waals surface area contributed by atoms with Gasteiger partial charge in [-0.2, -0.15) is 0 Å². The lowest BCUT2D eigenvalue weighted by Crippen LogP contribution is -2.07. The molecule has 6 heteroatoms. The van der Waals surface area contributed by atoms with Gasteiger partial charge in [-0.3, -0.25) is 0 Å². The van der Waals surface area contributed by atoms with Gasteiger partial charge in [0.25, 0.3) is 0 Å². The first-order valence-electron chi connectivity index (χ1n) is 5.78. The van der Waals surface area contributed by atoms with E-state index >= 15 is 0 Å². The summed E-state index contributed by atoms with van der Waals surface area (Å²) in [4.78, 5) is 2.95. The second-order valence-electron chi connectivity index (χ2n) is 4.37. The summed E-state index contributed by atoms with van der Waals surface area (Å²) in [7, 11) is 0. The van der Waals surface area contributed by atoms with Crippen LogP contribution in [0.5, 0.6) is 0 Å². The molecule has 0 aliphatic carbocycles. The smallest absolute Gasteiger partial charge is 0.178 e. The van der Waals surface area contributed by atoms with Crippen molar-refractivity contribution >= 4 is 34.9 Å². The van der Waals surface area contributed by atoms with Gasteiger partial charge in [-0.15, -0.1) is 0 Å². The van der Waals surface area contributed by atoms with Gasteiger partial charge in [0, 0.05) is 12.6 Å². The predicted octanol–water partition coefficient (Wildman–Crippen LogP) is 4.08. The molecule has 19 heavy (non-hydrogen) atoms. The Labute approximate surface area is 120 Å². The van der Waals surface area contributed by atoms with Gasteiger partial charge in [0.15, 0.2) is 4.77 Å². The van der Waals surface area contributed by atoms with Gasteiger partial charge in [0.1, 0.15) is 5.82 Å². The van der Waals surface area contributed by atoms with Crippen LogP contribution >= 0.6 is 23.8 Å². The molecule has 2 aromatic rings. The standard InChI is InChI=1S/C13H14ClFN2OS/c1-8(2)7-18-4-3-17-12-5-9(14)10(15)6-11(12)16-13(17)19/h5-6H,1,3-4,7H2,2H3,(H,16,19). The first kappa shape index (κ1) is 14.2. The number of nitrogens with one attached hydrogen (secondary N) is 1. The van der Waals surface area contributed by atoms with Crippen molar-refractivity contribution in [2.24, 2.45) is 0 Å². The fourth-order valence-electron chi connectivity index (χ4n) is 1.78. The number of halogens is 2. The maximum Gasteiger partial charge on any atom is 0.178 e. The lowest BCUT2D eigenvalue weighted by atomic mass is 10.3. The molecule has 0 amide bonds. The minimum atomic E-state index is -0.462. The first-order chi connectivity index (χ1) is 8.99. The van der Waals surface area contributed by atoms with Gasteiger partial charge >= 0.3 is 0 Å². The second-order valence-corrected chi connectivity index (χ2v) is 5.17.